The van der Waals surface area contributed by atoms with E-state index in [0.717, 1.165) is 12.2 Å². The maximum absolute atomic E-state index is 11.3. The van der Waals surface area contributed by atoms with Gasteiger partial charge in [-0.05, 0) is 12.8 Å². The molecule has 0 heterocycles. The summed E-state index contributed by atoms with van der Waals surface area (Å²) in [5.74, 6) is -1.23. The first-order chi connectivity index (χ1) is 11.7. The van der Waals surface area contributed by atoms with Crippen LogP contribution in [-0.2, 0) is 28.5 Å². The number of rotatable bonds is 16. The van der Waals surface area contributed by atoms with Crippen molar-refractivity contribution in [1.82, 2.24) is 0 Å². The Hall–Kier alpha value is -1.48. The van der Waals surface area contributed by atoms with Gasteiger partial charge in [0.2, 0.25) is 0 Å². The third-order valence-electron chi connectivity index (χ3n) is 2.60. The molecule has 8 heteroatoms. The van der Waals surface area contributed by atoms with Gasteiger partial charge in [-0.15, -0.1) is 0 Å². The molecule has 0 aromatic heterocycles. The van der Waals surface area contributed by atoms with Gasteiger partial charge in [0.25, 0.3) is 0 Å². The van der Waals surface area contributed by atoms with Crippen molar-refractivity contribution >= 4 is 11.9 Å². The number of aliphatic hydroxyl groups excluding tert-OH is 2. The van der Waals surface area contributed by atoms with Crippen molar-refractivity contribution in [3.05, 3.63) is 12.2 Å². The Morgan fingerprint density at radius 3 is 1.38 bits per heavy atom. The number of aliphatic hydroxyl groups is 2. The number of carbonyl (C=O) groups excluding carboxylic acids is 2. The SMILES string of the molecule is O=C(C=CC(=O)OCCCOCCCO)OCCCOCCCO. The smallest absolute Gasteiger partial charge is 0.331 e. The summed E-state index contributed by atoms with van der Waals surface area (Å²) in [5.41, 5.74) is 0. The molecule has 140 valence electrons. The van der Waals surface area contributed by atoms with Crippen molar-refractivity contribution in [3.63, 3.8) is 0 Å². The first-order valence-electron chi connectivity index (χ1n) is 8.09. The second kappa shape index (κ2) is 17.9. The largest absolute Gasteiger partial charge is 0.462 e. The number of ether oxygens (including phenoxy) is 4. The fourth-order valence-corrected chi connectivity index (χ4v) is 1.44. The Balaban J connectivity index is 3.48. The van der Waals surface area contributed by atoms with Crippen LogP contribution in [0.5, 0.6) is 0 Å². The van der Waals surface area contributed by atoms with Gasteiger partial charge in [-0.1, -0.05) is 0 Å². The van der Waals surface area contributed by atoms with Crippen molar-refractivity contribution in [2.24, 2.45) is 0 Å². The Kier molecular flexibility index (Phi) is 16.8. The molecule has 0 aliphatic rings. The lowest BCUT2D eigenvalue weighted by molar-refractivity contribution is -0.140. The average Bonchev–Trinajstić information content (AvgIpc) is 2.58. The van der Waals surface area contributed by atoms with Gasteiger partial charge in [0.1, 0.15) is 0 Å². The van der Waals surface area contributed by atoms with E-state index in [2.05, 4.69) is 0 Å². The number of carbonyl (C=O) groups is 2. The molecule has 0 radical (unpaired) electrons. The molecular weight excluding hydrogens is 320 g/mol. The molecule has 0 spiro atoms. The molecule has 0 unspecified atom stereocenters. The minimum Gasteiger partial charge on any atom is -0.462 e. The van der Waals surface area contributed by atoms with Crippen LogP contribution in [0.2, 0.25) is 0 Å². The van der Waals surface area contributed by atoms with Crippen molar-refractivity contribution < 1.29 is 38.7 Å². The minimum atomic E-state index is -0.616. The van der Waals surface area contributed by atoms with Crippen LogP contribution in [-0.4, -0.2) is 75.0 Å². The summed E-state index contributed by atoms with van der Waals surface area (Å²) in [4.78, 5) is 22.7. The predicted octanol–water partition coefficient (Wildman–Crippen LogP) is 0.207. The summed E-state index contributed by atoms with van der Waals surface area (Å²) in [6.45, 7) is 2.41. The lowest BCUT2D eigenvalue weighted by Crippen LogP contribution is -2.09. The normalized spacial score (nSPS) is 10.9. The Morgan fingerprint density at radius 2 is 1.00 bits per heavy atom. The summed E-state index contributed by atoms with van der Waals surface area (Å²) in [6, 6.07) is 0. The maximum atomic E-state index is 11.3. The van der Waals surface area contributed by atoms with Crippen molar-refractivity contribution in [2.75, 3.05) is 52.9 Å². The van der Waals surface area contributed by atoms with E-state index in [4.69, 9.17) is 29.2 Å². The van der Waals surface area contributed by atoms with Gasteiger partial charge in [-0.25, -0.2) is 9.59 Å². The second-order valence-electron chi connectivity index (χ2n) is 4.75. The zero-order chi connectivity index (χ0) is 17.9. The molecule has 8 nitrogen and oxygen atoms in total. The summed E-state index contributed by atoms with van der Waals surface area (Å²) in [6.07, 6.45) is 4.30. The van der Waals surface area contributed by atoms with E-state index < -0.39 is 11.9 Å². The molecule has 0 saturated heterocycles. The first-order valence-corrected chi connectivity index (χ1v) is 8.09. The van der Waals surface area contributed by atoms with E-state index in [-0.39, 0.29) is 26.4 Å². The van der Waals surface area contributed by atoms with E-state index in [1.54, 1.807) is 0 Å². The van der Waals surface area contributed by atoms with Crippen molar-refractivity contribution in [3.8, 4) is 0 Å². The Bertz CT molecular complexity index is 311. The summed E-state index contributed by atoms with van der Waals surface area (Å²) >= 11 is 0. The van der Waals surface area contributed by atoms with Crippen LogP contribution in [0.3, 0.4) is 0 Å². The number of hydrogen-bond acceptors (Lipinski definition) is 8. The summed E-state index contributed by atoms with van der Waals surface area (Å²) in [7, 11) is 0. The van der Waals surface area contributed by atoms with Gasteiger partial charge in [-0.3, -0.25) is 0 Å². The van der Waals surface area contributed by atoms with Crippen LogP contribution >= 0.6 is 0 Å². The van der Waals surface area contributed by atoms with Gasteiger partial charge in [0.15, 0.2) is 0 Å². The molecular formula is C16H28O8. The molecule has 0 saturated carbocycles. The van der Waals surface area contributed by atoms with Crippen LogP contribution < -0.4 is 0 Å². The van der Waals surface area contributed by atoms with Gasteiger partial charge in [0.05, 0.1) is 13.2 Å². The molecule has 0 rings (SSSR count). The highest BCUT2D eigenvalue weighted by Crippen LogP contribution is 1.92. The zero-order valence-corrected chi connectivity index (χ0v) is 14.0. The molecule has 0 amide bonds. The van der Waals surface area contributed by atoms with E-state index in [1.165, 1.54) is 0 Å². The quantitative estimate of drug-likeness (QED) is 0.231. The fourth-order valence-electron chi connectivity index (χ4n) is 1.44. The highest BCUT2D eigenvalue weighted by Gasteiger charge is 2.01. The topological polar surface area (TPSA) is 112 Å². The van der Waals surface area contributed by atoms with E-state index in [1.807, 2.05) is 0 Å². The van der Waals surface area contributed by atoms with Crippen LogP contribution in [0.4, 0.5) is 0 Å². The molecule has 0 aliphatic heterocycles. The van der Waals surface area contributed by atoms with Gasteiger partial charge >= 0.3 is 11.9 Å². The standard InChI is InChI=1S/C16H28O8/c17-7-1-9-21-11-3-13-23-15(19)5-6-16(20)24-14-4-12-22-10-2-8-18/h5-6,17-18H,1-4,7-14H2. The lowest BCUT2D eigenvalue weighted by Gasteiger charge is -2.04. The van der Waals surface area contributed by atoms with E-state index in [0.29, 0.717) is 52.1 Å². The molecule has 0 aromatic carbocycles. The van der Waals surface area contributed by atoms with Gasteiger partial charge in [-0.2, -0.15) is 0 Å². The van der Waals surface area contributed by atoms with Crippen LogP contribution in [0.25, 0.3) is 0 Å². The van der Waals surface area contributed by atoms with E-state index >= 15 is 0 Å². The first kappa shape index (κ1) is 22.5. The van der Waals surface area contributed by atoms with Crippen molar-refractivity contribution in [2.45, 2.75) is 25.7 Å². The summed E-state index contributed by atoms with van der Waals surface area (Å²) < 4.78 is 20.1. The highest BCUT2D eigenvalue weighted by atomic mass is 16.5. The number of hydrogen-bond donors (Lipinski definition) is 2. The monoisotopic (exact) mass is 348 g/mol. The predicted molar refractivity (Wildman–Crippen MR) is 85.3 cm³/mol. The molecule has 2 N–H and O–H groups in total. The Labute approximate surface area is 142 Å². The third kappa shape index (κ3) is 16.9. The van der Waals surface area contributed by atoms with Crippen LogP contribution in [0.1, 0.15) is 25.7 Å². The number of esters is 2. The molecule has 0 aliphatic carbocycles. The molecule has 0 fully saturated rings. The lowest BCUT2D eigenvalue weighted by atomic mass is 10.4. The average molecular weight is 348 g/mol. The molecule has 0 atom stereocenters. The Morgan fingerprint density at radius 1 is 0.625 bits per heavy atom. The molecule has 0 bridgehead atoms. The minimum absolute atomic E-state index is 0.0899. The highest BCUT2D eigenvalue weighted by molar-refractivity contribution is 5.91. The molecule has 24 heavy (non-hydrogen) atoms. The zero-order valence-electron chi connectivity index (χ0n) is 14.0. The van der Waals surface area contributed by atoms with Crippen LogP contribution in [0, 0.1) is 0 Å². The van der Waals surface area contributed by atoms with Gasteiger partial charge in [0, 0.05) is 64.6 Å². The second-order valence-corrected chi connectivity index (χ2v) is 4.75. The third-order valence-corrected chi connectivity index (χ3v) is 2.60. The van der Waals surface area contributed by atoms with Gasteiger partial charge < -0.3 is 29.2 Å². The summed E-state index contributed by atoms with van der Waals surface area (Å²) in [5, 5.41) is 17.1. The van der Waals surface area contributed by atoms with E-state index in [9.17, 15) is 9.59 Å². The van der Waals surface area contributed by atoms with Crippen molar-refractivity contribution in [1.29, 1.82) is 0 Å². The maximum Gasteiger partial charge on any atom is 0.331 e. The fraction of sp³-hybridized carbons (Fsp3) is 0.750. The van der Waals surface area contributed by atoms with Crippen LogP contribution in [0.15, 0.2) is 12.2 Å². The molecule has 0 aromatic rings.